The molecule has 0 aromatic heterocycles. The number of halogens is 2. The van der Waals surface area contributed by atoms with Gasteiger partial charge in [0.2, 0.25) is 0 Å². The van der Waals surface area contributed by atoms with E-state index >= 15 is 0 Å². The Bertz CT molecular complexity index is 271. The monoisotopic (exact) mass is 286 g/mol. The van der Waals surface area contributed by atoms with Crippen LogP contribution in [0.1, 0.15) is 0 Å². The molecule has 0 aromatic carbocycles. The van der Waals surface area contributed by atoms with Crippen LogP contribution in [0.25, 0.3) is 0 Å². The van der Waals surface area contributed by atoms with E-state index in [-0.39, 0.29) is 0 Å². The summed E-state index contributed by atoms with van der Waals surface area (Å²) in [5.74, 6) is -0.460. The highest BCUT2D eigenvalue weighted by Gasteiger charge is 2.37. The van der Waals surface area contributed by atoms with Gasteiger partial charge in [0.05, 0.1) is 17.2 Å². The first-order chi connectivity index (χ1) is 6.08. The average molecular weight is 287 g/mol. The van der Waals surface area contributed by atoms with Crippen LogP contribution in [0.5, 0.6) is 0 Å². The molecule has 0 bridgehead atoms. The van der Waals surface area contributed by atoms with Crippen LogP contribution in [0.3, 0.4) is 0 Å². The minimum absolute atomic E-state index is 0.460. The predicted molar refractivity (Wildman–Crippen MR) is 53.1 cm³/mol. The first kappa shape index (κ1) is 14.9. The third kappa shape index (κ3) is 5.69. The standard InChI is InChI=1S/C4H10Cl2O6P2/c5-1-4(14(10,11)12)3(6)2-13(7,8)9/h3-4H,1-2H2,(H2,7,8,9)(H2,10,11,12). The van der Waals surface area contributed by atoms with Crippen molar-refractivity contribution in [3.05, 3.63) is 0 Å². The summed E-state index contributed by atoms with van der Waals surface area (Å²) >= 11 is 10.7. The average Bonchev–Trinajstić information content (AvgIpc) is 1.79. The molecule has 0 aliphatic heterocycles. The highest BCUT2D eigenvalue weighted by atomic mass is 35.5. The molecule has 0 heterocycles. The van der Waals surface area contributed by atoms with E-state index in [1.54, 1.807) is 0 Å². The minimum atomic E-state index is -4.53. The second-order valence-corrected chi connectivity index (χ2v) is 7.08. The van der Waals surface area contributed by atoms with Crippen molar-refractivity contribution in [1.82, 2.24) is 0 Å². The fourth-order valence-electron chi connectivity index (χ4n) is 0.746. The van der Waals surface area contributed by atoms with Gasteiger partial charge in [-0.25, -0.2) is 0 Å². The Hall–Kier alpha value is 0.880. The number of rotatable bonds is 5. The van der Waals surface area contributed by atoms with E-state index in [0.717, 1.165) is 0 Å². The topological polar surface area (TPSA) is 115 Å². The van der Waals surface area contributed by atoms with Gasteiger partial charge in [-0.15, -0.1) is 23.2 Å². The van der Waals surface area contributed by atoms with E-state index in [1.807, 2.05) is 0 Å². The van der Waals surface area contributed by atoms with Gasteiger partial charge in [-0.05, 0) is 0 Å². The molecule has 0 aromatic rings. The molecule has 0 aliphatic rings. The maximum Gasteiger partial charge on any atom is 0.331 e. The van der Waals surface area contributed by atoms with Crippen molar-refractivity contribution < 1.29 is 28.7 Å². The molecule has 0 amide bonds. The molecule has 0 aliphatic carbocycles. The molecule has 0 saturated carbocycles. The first-order valence-corrected chi connectivity index (χ1v) is 7.82. The van der Waals surface area contributed by atoms with Crippen molar-refractivity contribution in [2.75, 3.05) is 12.0 Å². The fraction of sp³-hybridized carbons (Fsp3) is 1.00. The molecule has 0 radical (unpaired) electrons. The summed E-state index contributed by atoms with van der Waals surface area (Å²) < 4.78 is 21.3. The second kappa shape index (κ2) is 5.28. The summed E-state index contributed by atoms with van der Waals surface area (Å²) in [5.41, 5.74) is -1.45. The van der Waals surface area contributed by atoms with Gasteiger partial charge in [0.25, 0.3) is 0 Å². The van der Waals surface area contributed by atoms with Crippen molar-refractivity contribution in [3.8, 4) is 0 Å². The zero-order valence-corrected chi connectivity index (χ0v) is 10.1. The highest BCUT2D eigenvalue weighted by molar-refractivity contribution is 7.53. The lowest BCUT2D eigenvalue weighted by molar-refractivity contribution is 0.356. The Labute approximate surface area is 90.5 Å². The molecule has 0 rings (SSSR count). The summed E-state index contributed by atoms with van der Waals surface area (Å²) in [6.45, 7) is 0. The number of hydrogen-bond acceptors (Lipinski definition) is 2. The second-order valence-electron chi connectivity index (χ2n) is 2.67. The molecule has 10 heteroatoms. The largest absolute Gasteiger partial charge is 0.331 e. The third-order valence-corrected chi connectivity index (χ3v) is 5.09. The Morgan fingerprint density at radius 2 is 1.57 bits per heavy atom. The van der Waals surface area contributed by atoms with Gasteiger partial charge in [-0.1, -0.05) is 0 Å². The van der Waals surface area contributed by atoms with E-state index in [2.05, 4.69) is 0 Å². The van der Waals surface area contributed by atoms with Crippen molar-refractivity contribution in [2.24, 2.45) is 0 Å². The molecular weight excluding hydrogens is 277 g/mol. The Balaban J connectivity index is 4.57. The SMILES string of the molecule is O=P(O)(O)CC(Cl)C(CCl)P(=O)(O)O. The minimum Gasteiger partial charge on any atom is -0.324 e. The molecule has 0 spiro atoms. The molecule has 6 nitrogen and oxygen atoms in total. The molecule has 14 heavy (non-hydrogen) atoms. The fourth-order valence-corrected chi connectivity index (χ4v) is 4.24. The summed E-state index contributed by atoms with van der Waals surface area (Å²) in [5, 5.41) is -1.35. The molecule has 0 saturated heterocycles. The van der Waals surface area contributed by atoms with Crippen LogP contribution in [-0.2, 0) is 9.13 Å². The van der Waals surface area contributed by atoms with Gasteiger partial charge in [-0.3, -0.25) is 9.13 Å². The summed E-state index contributed by atoms with van der Waals surface area (Å²) in [6, 6.07) is 0. The van der Waals surface area contributed by atoms with Crippen LogP contribution in [0.2, 0.25) is 0 Å². The summed E-state index contributed by atoms with van der Waals surface area (Å²) in [7, 11) is -8.92. The van der Waals surface area contributed by atoms with Crippen LogP contribution in [0.4, 0.5) is 0 Å². The van der Waals surface area contributed by atoms with Crippen LogP contribution < -0.4 is 0 Å². The Morgan fingerprint density at radius 1 is 1.14 bits per heavy atom. The van der Waals surface area contributed by atoms with Crippen molar-refractivity contribution in [3.63, 3.8) is 0 Å². The van der Waals surface area contributed by atoms with Gasteiger partial charge < -0.3 is 19.6 Å². The molecule has 2 atom stereocenters. The zero-order valence-electron chi connectivity index (χ0n) is 6.82. The Morgan fingerprint density at radius 3 is 1.79 bits per heavy atom. The molecule has 4 N–H and O–H groups in total. The van der Waals surface area contributed by atoms with Gasteiger partial charge in [0, 0.05) is 5.88 Å². The van der Waals surface area contributed by atoms with Crippen molar-refractivity contribution in [2.45, 2.75) is 11.0 Å². The van der Waals surface area contributed by atoms with Crippen LogP contribution in [-0.4, -0.2) is 42.7 Å². The molecular formula is C4H10Cl2O6P2. The zero-order chi connectivity index (χ0) is 11.6. The quantitative estimate of drug-likeness (QED) is 0.433. The van der Waals surface area contributed by atoms with Crippen LogP contribution >= 0.6 is 38.4 Å². The molecule has 86 valence electrons. The van der Waals surface area contributed by atoms with Gasteiger partial charge in [-0.2, -0.15) is 0 Å². The smallest absolute Gasteiger partial charge is 0.324 e. The van der Waals surface area contributed by atoms with Gasteiger partial charge >= 0.3 is 15.2 Å². The van der Waals surface area contributed by atoms with E-state index in [4.69, 9.17) is 42.8 Å². The van der Waals surface area contributed by atoms with Crippen LogP contribution in [0, 0.1) is 0 Å². The Kier molecular flexibility index (Phi) is 5.61. The lowest BCUT2D eigenvalue weighted by Crippen LogP contribution is -2.26. The third-order valence-electron chi connectivity index (χ3n) is 1.42. The van der Waals surface area contributed by atoms with Crippen molar-refractivity contribution in [1.29, 1.82) is 0 Å². The van der Waals surface area contributed by atoms with Gasteiger partial charge in [0.15, 0.2) is 0 Å². The van der Waals surface area contributed by atoms with Crippen LogP contribution in [0.15, 0.2) is 0 Å². The van der Waals surface area contributed by atoms with Gasteiger partial charge in [0.1, 0.15) is 0 Å². The lowest BCUT2D eigenvalue weighted by Gasteiger charge is -2.21. The normalized spacial score (nSPS) is 17.9. The summed E-state index contributed by atoms with van der Waals surface area (Å²) in [4.78, 5) is 34.5. The van der Waals surface area contributed by atoms with E-state index in [0.29, 0.717) is 0 Å². The maximum absolute atomic E-state index is 10.8. The number of alkyl halides is 2. The highest BCUT2D eigenvalue weighted by Crippen LogP contribution is 2.48. The van der Waals surface area contributed by atoms with Crippen molar-refractivity contribution >= 4 is 38.4 Å². The number of hydrogen-bond donors (Lipinski definition) is 4. The first-order valence-electron chi connectivity index (χ1n) is 3.37. The van der Waals surface area contributed by atoms with E-state index in [9.17, 15) is 9.13 Å². The maximum atomic E-state index is 10.8. The molecule has 2 unspecified atom stereocenters. The lowest BCUT2D eigenvalue weighted by atomic mass is 10.3. The predicted octanol–water partition coefficient (Wildman–Crippen LogP) is 0.557. The summed E-state index contributed by atoms with van der Waals surface area (Å²) in [6.07, 6.45) is -0.808. The van der Waals surface area contributed by atoms with E-state index < -0.39 is 38.3 Å². The van der Waals surface area contributed by atoms with E-state index in [1.165, 1.54) is 0 Å². The molecule has 0 fully saturated rings.